The highest BCUT2D eigenvalue weighted by atomic mass is 79.9. The van der Waals surface area contributed by atoms with Crippen LogP contribution in [-0.4, -0.2) is 53.8 Å². The number of halogens is 4. The molecule has 0 N–H and O–H groups in total. The van der Waals surface area contributed by atoms with Gasteiger partial charge in [0.15, 0.2) is 0 Å². The lowest BCUT2D eigenvalue weighted by Crippen LogP contribution is -2.60. The second-order valence-electron chi connectivity index (χ2n) is 10.1. The normalized spacial score (nSPS) is 13.8. The molecule has 33 heavy (non-hydrogen) atoms. The van der Waals surface area contributed by atoms with Crippen LogP contribution in [0.2, 0.25) is 0 Å². The van der Waals surface area contributed by atoms with Crippen LogP contribution in [0.1, 0.15) is 69.2 Å². The van der Waals surface area contributed by atoms with Gasteiger partial charge in [0.2, 0.25) is 0 Å². The second kappa shape index (κ2) is 10.8. The Labute approximate surface area is 229 Å². The molecule has 0 heterocycles. The largest absolute Gasteiger partial charge is 0.464 e. The summed E-state index contributed by atoms with van der Waals surface area (Å²) in [5, 5.41) is 0. The van der Waals surface area contributed by atoms with Crippen LogP contribution < -0.4 is 0 Å². The van der Waals surface area contributed by atoms with Gasteiger partial charge in [0.25, 0.3) is 0 Å². The zero-order chi connectivity index (χ0) is 26.8. The molecule has 0 radical (unpaired) electrons. The van der Waals surface area contributed by atoms with Crippen LogP contribution >= 0.6 is 63.7 Å². The Bertz CT molecular complexity index is 696. The summed E-state index contributed by atoms with van der Waals surface area (Å²) >= 11 is 12.8. The number of esters is 4. The lowest BCUT2D eigenvalue weighted by atomic mass is 9.90. The first kappa shape index (κ1) is 32.8. The summed E-state index contributed by atoms with van der Waals surface area (Å²) in [5.41, 5.74) is -1.55. The Hall–Kier alpha value is -0.200. The van der Waals surface area contributed by atoms with Gasteiger partial charge in [-0.25, -0.2) is 0 Å². The number of hydrogen-bond acceptors (Lipinski definition) is 8. The molecule has 0 rings (SSSR count). The molecular formula is C21H32Br4O8. The van der Waals surface area contributed by atoms with Gasteiger partial charge < -0.3 is 18.9 Å². The van der Waals surface area contributed by atoms with Gasteiger partial charge in [-0.3, -0.25) is 19.2 Å². The maximum absolute atomic E-state index is 12.9. The minimum Gasteiger partial charge on any atom is -0.464 e. The summed E-state index contributed by atoms with van der Waals surface area (Å²) in [6.45, 7) is 14.7. The van der Waals surface area contributed by atoms with Crippen LogP contribution in [0.3, 0.4) is 0 Å². The third kappa shape index (κ3) is 9.76. The van der Waals surface area contributed by atoms with Gasteiger partial charge in [0, 0.05) is 0 Å². The summed E-state index contributed by atoms with van der Waals surface area (Å²) in [4.78, 5) is 51.1. The molecule has 12 heteroatoms. The van der Waals surface area contributed by atoms with Gasteiger partial charge in [-0.2, -0.15) is 0 Å². The first-order chi connectivity index (χ1) is 14.3. The molecule has 0 aliphatic carbocycles. The summed E-state index contributed by atoms with van der Waals surface area (Å²) in [7, 11) is 0. The van der Waals surface area contributed by atoms with Gasteiger partial charge in [-0.1, -0.05) is 63.7 Å². The van der Waals surface area contributed by atoms with E-state index in [0.29, 0.717) is 0 Å². The molecule has 192 valence electrons. The van der Waals surface area contributed by atoms with Gasteiger partial charge in [0.05, 0.1) is 0 Å². The summed E-state index contributed by atoms with van der Waals surface area (Å²) in [5.74, 6) is -5.87. The van der Waals surface area contributed by atoms with Gasteiger partial charge >= 0.3 is 29.9 Å². The quantitative estimate of drug-likeness (QED) is 0.164. The summed E-state index contributed by atoms with van der Waals surface area (Å²) < 4.78 is 17.5. The second-order valence-corrected chi connectivity index (χ2v) is 18.0. The average Bonchev–Trinajstić information content (AvgIpc) is 2.55. The van der Waals surface area contributed by atoms with Crippen LogP contribution in [0.15, 0.2) is 0 Å². The molecule has 0 aromatic heterocycles. The minimum atomic E-state index is -2.59. The Morgan fingerprint density at radius 3 is 0.970 bits per heavy atom. The number of carbonyl (C=O) groups is 4. The van der Waals surface area contributed by atoms with Crippen molar-refractivity contribution in [1.82, 2.24) is 0 Å². The fourth-order valence-electron chi connectivity index (χ4n) is 1.71. The third-order valence-corrected chi connectivity index (χ3v) is 5.31. The molecule has 0 amide bonds. The monoisotopic (exact) mass is 728 g/mol. The fourth-order valence-corrected chi connectivity index (χ4v) is 2.07. The van der Waals surface area contributed by atoms with Gasteiger partial charge in [0.1, 0.15) is 29.3 Å². The molecule has 0 saturated heterocycles. The third-order valence-electron chi connectivity index (χ3n) is 4.02. The van der Waals surface area contributed by atoms with E-state index in [4.69, 9.17) is 18.9 Å². The van der Waals surface area contributed by atoms with Crippen LogP contribution in [0, 0.1) is 5.41 Å². The molecule has 0 aliphatic rings. The zero-order valence-corrected chi connectivity index (χ0v) is 26.8. The molecule has 0 aromatic rings. The number of hydrogen-bond donors (Lipinski definition) is 0. The number of ether oxygens (including phenoxy) is 4. The van der Waals surface area contributed by atoms with Crippen LogP contribution in [0.5, 0.6) is 0 Å². The van der Waals surface area contributed by atoms with Crippen molar-refractivity contribution >= 4 is 87.6 Å². The molecule has 0 aliphatic heterocycles. The predicted molar refractivity (Wildman–Crippen MR) is 138 cm³/mol. The first-order valence-electron chi connectivity index (χ1n) is 9.89. The number of alkyl halides is 4. The number of carbonyl (C=O) groups excluding carboxylic acids is 4. The average molecular weight is 732 g/mol. The van der Waals surface area contributed by atoms with Crippen LogP contribution in [0.25, 0.3) is 0 Å². The topological polar surface area (TPSA) is 105 Å². The smallest absolute Gasteiger partial charge is 0.432 e. The van der Waals surface area contributed by atoms with Crippen molar-refractivity contribution in [1.29, 1.82) is 0 Å². The Morgan fingerprint density at radius 1 is 0.515 bits per heavy atom. The zero-order valence-electron chi connectivity index (χ0n) is 20.5. The lowest BCUT2D eigenvalue weighted by molar-refractivity contribution is -0.379. The molecule has 0 bridgehead atoms. The SMILES string of the molecule is CC(C)(Br)C(=O)OCC(C)(C)C(OC(=O)C(C)(C)Br)(OC(=O)C(C)(C)Br)OC(=O)C(C)(C)Br. The van der Waals surface area contributed by atoms with E-state index >= 15 is 0 Å². The highest BCUT2D eigenvalue weighted by molar-refractivity contribution is 9.10. The fraction of sp³-hybridized carbons (Fsp3) is 0.810. The number of rotatable bonds is 10. The molecule has 0 fully saturated rings. The lowest BCUT2D eigenvalue weighted by Gasteiger charge is -2.44. The summed E-state index contributed by atoms with van der Waals surface area (Å²) in [6, 6.07) is 0. The van der Waals surface area contributed by atoms with E-state index in [1.807, 2.05) is 0 Å². The highest BCUT2D eigenvalue weighted by Crippen LogP contribution is 2.42. The molecule has 8 nitrogen and oxygen atoms in total. The van der Waals surface area contributed by atoms with E-state index in [2.05, 4.69) is 63.7 Å². The van der Waals surface area contributed by atoms with E-state index in [1.54, 1.807) is 13.8 Å². The molecule has 0 atom stereocenters. The van der Waals surface area contributed by atoms with Crippen molar-refractivity contribution in [3.8, 4) is 0 Å². The van der Waals surface area contributed by atoms with Crippen molar-refractivity contribution in [2.45, 2.75) is 92.5 Å². The molecule has 0 unspecified atom stereocenters. The van der Waals surface area contributed by atoms with E-state index in [-0.39, 0.29) is 0 Å². The first-order valence-corrected chi connectivity index (χ1v) is 13.1. The molecule has 0 aromatic carbocycles. The van der Waals surface area contributed by atoms with Crippen molar-refractivity contribution in [3.05, 3.63) is 0 Å². The van der Waals surface area contributed by atoms with E-state index in [9.17, 15) is 19.2 Å². The van der Waals surface area contributed by atoms with Crippen molar-refractivity contribution in [2.75, 3.05) is 6.61 Å². The Morgan fingerprint density at radius 2 is 0.758 bits per heavy atom. The van der Waals surface area contributed by atoms with Crippen molar-refractivity contribution in [2.24, 2.45) is 5.41 Å². The maximum atomic E-state index is 12.9. The van der Waals surface area contributed by atoms with E-state index < -0.39 is 59.2 Å². The Kier molecular flexibility index (Phi) is 10.8. The molecule has 0 spiro atoms. The van der Waals surface area contributed by atoms with Crippen molar-refractivity contribution in [3.63, 3.8) is 0 Å². The van der Waals surface area contributed by atoms with Gasteiger partial charge in [-0.15, -0.1) is 0 Å². The van der Waals surface area contributed by atoms with Crippen LogP contribution in [0.4, 0.5) is 0 Å². The van der Waals surface area contributed by atoms with Crippen molar-refractivity contribution < 1.29 is 38.1 Å². The van der Waals surface area contributed by atoms with E-state index in [1.165, 1.54) is 55.4 Å². The Balaban J connectivity index is 6.71. The van der Waals surface area contributed by atoms with E-state index in [0.717, 1.165) is 0 Å². The molecular weight excluding hydrogens is 700 g/mol. The minimum absolute atomic E-state index is 0.428. The molecule has 0 saturated carbocycles. The summed E-state index contributed by atoms with van der Waals surface area (Å²) in [6.07, 6.45) is 0. The highest BCUT2D eigenvalue weighted by Gasteiger charge is 2.61. The standard InChI is InChI=1S/C21H32Br4O8/c1-16(2,11-30-12(26)17(3,4)22)21(31-13(27)18(5,6)23,32-14(28)19(7,8)24)33-15(29)20(9,10)25/h11H2,1-10H3. The van der Waals surface area contributed by atoms with Crippen LogP contribution in [-0.2, 0) is 38.1 Å². The predicted octanol–water partition coefficient (Wildman–Crippen LogP) is 5.53. The van der Waals surface area contributed by atoms with Gasteiger partial charge in [-0.05, 0) is 69.2 Å². The maximum Gasteiger partial charge on any atom is 0.432 e.